The largest absolute Gasteiger partial charge is 0.378 e. The summed E-state index contributed by atoms with van der Waals surface area (Å²) in [5, 5.41) is 7.17. The van der Waals surface area contributed by atoms with Crippen molar-refractivity contribution in [3.05, 3.63) is 41.5 Å². The summed E-state index contributed by atoms with van der Waals surface area (Å²) in [5.74, 6) is 2.09. The molecule has 5 nitrogen and oxygen atoms in total. The first-order chi connectivity index (χ1) is 9.54. The Kier molecular flexibility index (Phi) is 4.89. The zero-order valence-corrected chi connectivity index (χ0v) is 12.7. The molecule has 1 aromatic carbocycles. The van der Waals surface area contributed by atoms with E-state index in [4.69, 9.17) is 4.52 Å². The second kappa shape index (κ2) is 6.65. The lowest BCUT2D eigenvalue weighted by Crippen LogP contribution is -2.02. The minimum absolute atomic E-state index is 0.235. The van der Waals surface area contributed by atoms with Crippen molar-refractivity contribution < 1.29 is 8.73 Å². The summed E-state index contributed by atoms with van der Waals surface area (Å²) in [5.41, 5.74) is 2.01. The Bertz CT molecular complexity index is 596. The summed E-state index contributed by atoms with van der Waals surface area (Å²) in [6.07, 6.45) is 1.70. The van der Waals surface area contributed by atoms with Crippen LogP contribution >= 0.6 is 0 Å². The third kappa shape index (κ3) is 4.16. The zero-order valence-electron chi connectivity index (χ0n) is 11.9. The van der Waals surface area contributed by atoms with E-state index in [0.29, 0.717) is 24.0 Å². The van der Waals surface area contributed by atoms with Gasteiger partial charge >= 0.3 is 0 Å². The molecule has 0 radical (unpaired) electrons. The van der Waals surface area contributed by atoms with Gasteiger partial charge in [-0.3, -0.25) is 4.21 Å². The van der Waals surface area contributed by atoms with Crippen molar-refractivity contribution in [3.63, 3.8) is 0 Å². The summed E-state index contributed by atoms with van der Waals surface area (Å²) in [6, 6.07) is 7.87. The molecule has 0 bridgehead atoms. The Hall–Kier alpha value is -1.69. The highest BCUT2D eigenvalue weighted by Crippen LogP contribution is 2.14. The Morgan fingerprint density at radius 2 is 2.20 bits per heavy atom. The van der Waals surface area contributed by atoms with Gasteiger partial charge in [0.2, 0.25) is 5.89 Å². The van der Waals surface area contributed by atoms with Crippen LogP contribution < -0.4 is 5.32 Å². The molecule has 0 saturated carbocycles. The van der Waals surface area contributed by atoms with E-state index in [1.54, 1.807) is 6.26 Å². The standard InChI is InChI=1S/C14H19N3O2S/c1-10(2)14-16-13(17-19-14)8-15-12-6-4-5-11(7-12)9-20(3)18/h4-7,10,15H,8-9H2,1-3H3. The van der Waals surface area contributed by atoms with E-state index in [1.807, 2.05) is 38.1 Å². The molecule has 0 aliphatic heterocycles. The molecular formula is C14H19N3O2S. The van der Waals surface area contributed by atoms with Crippen LogP contribution in [0.25, 0.3) is 0 Å². The number of nitrogens with zero attached hydrogens (tertiary/aromatic N) is 2. The van der Waals surface area contributed by atoms with Gasteiger partial charge in [0, 0.05) is 34.4 Å². The number of anilines is 1. The first kappa shape index (κ1) is 14.7. The van der Waals surface area contributed by atoms with Gasteiger partial charge in [-0.05, 0) is 17.7 Å². The van der Waals surface area contributed by atoms with Crippen molar-refractivity contribution in [2.75, 3.05) is 11.6 Å². The van der Waals surface area contributed by atoms with Crippen molar-refractivity contribution in [1.29, 1.82) is 0 Å². The number of hydrogen-bond donors (Lipinski definition) is 1. The third-order valence-electron chi connectivity index (χ3n) is 2.73. The van der Waals surface area contributed by atoms with Crippen LogP contribution in [0, 0.1) is 0 Å². The number of nitrogens with one attached hydrogen (secondary N) is 1. The van der Waals surface area contributed by atoms with Crippen molar-refractivity contribution in [1.82, 2.24) is 10.1 Å². The first-order valence-corrected chi connectivity index (χ1v) is 8.22. The molecule has 0 saturated heterocycles. The van der Waals surface area contributed by atoms with E-state index in [-0.39, 0.29) is 5.92 Å². The Morgan fingerprint density at radius 3 is 2.85 bits per heavy atom. The quantitative estimate of drug-likeness (QED) is 0.887. The van der Waals surface area contributed by atoms with Crippen LogP contribution in [0.15, 0.2) is 28.8 Å². The number of rotatable bonds is 6. The van der Waals surface area contributed by atoms with Gasteiger partial charge in [-0.1, -0.05) is 31.1 Å². The monoisotopic (exact) mass is 293 g/mol. The average molecular weight is 293 g/mol. The molecule has 0 aliphatic carbocycles. The van der Waals surface area contributed by atoms with Crippen molar-refractivity contribution in [2.24, 2.45) is 0 Å². The molecule has 1 N–H and O–H groups in total. The molecule has 2 aromatic rings. The molecule has 108 valence electrons. The Balaban J connectivity index is 1.97. The molecule has 1 atom stereocenters. The van der Waals surface area contributed by atoms with Crippen LogP contribution in [0.1, 0.15) is 37.0 Å². The molecule has 0 spiro atoms. The average Bonchev–Trinajstić information content (AvgIpc) is 2.85. The van der Waals surface area contributed by atoms with Gasteiger partial charge in [-0.15, -0.1) is 0 Å². The molecule has 6 heteroatoms. The van der Waals surface area contributed by atoms with Crippen LogP contribution in [0.3, 0.4) is 0 Å². The van der Waals surface area contributed by atoms with E-state index in [1.165, 1.54) is 0 Å². The summed E-state index contributed by atoms with van der Waals surface area (Å²) in [4.78, 5) is 4.31. The molecule has 1 unspecified atom stereocenters. The molecule has 0 amide bonds. The minimum Gasteiger partial charge on any atom is -0.378 e. The summed E-state index contributed by atoms with van der Waals surface area (Å²) < 4.78 is 16.4. The zero-order chi connectivity index (χ0) is 14.5. The highest BCUT2D eigenvalue weighted by Gasteiger charge is 2.09. The van der Waals surface area contributed by atoms with E-state index in [2.05, 4.69) is 15.5 Å². The molecule has 1 aromatic heterocycles. The Labute approximate surface area is 121 Å². The summed E-state index contributed by atoms with van der Waals surface area (Å²) in [6.45, 7) is 4.53. The second-order valence-electron chi connectivity index (χ2n) is 4.98. The van der Waals surface area contributed by atoms with Crippen LogP contribution in [0.4, 0.5) is 5.69 Å². The predicted molar refractivity (Wildman–Crippen MR) is 79.9 cm³/mol. The highest BCUT2D eigenvalue weighted by atomic mass is 32.2. The lowest BCUT2D eigenvalue weighted by molar-refractivity contribution is 0.361. The van der Waals surface area contributed by atoms with E-state index in [9.17, 15) is 4.21 Å². The van der Waals surface area contributed by atoms with Gasteiger partial charge in [0.1, 0.15) is 0 Å². The van der Waals surface area contributed by atoms with Crippen LogP contribution in [0.2, 0.25) is 0 Å². The smallest absolute Gasteiger partial charge is 0.229 e. The fourth-order valence-corrected chi connectivity index (χ4v) is 2.41. The summed E-state index contributed by atoms with van der Waals surface area (Å²) >= 11 is 0. The lowest BCUT2D eigenvalue weighted by Gasteiger charge is -2.05. The highest BCUT2D eigenvalue weighted by molar-refractivity contribution is 7.83. The molecule has 2 rings (SSSR count). The van der Waals surface area contributed by atoms with Gasteiger partial charge in [0.15, 0.2) is 5.82 Å². The second-order valence-corrected chi connectivity index (χ2v) is 6.41. The van der Waals surface area contributed by atoms with Gasteiger partial charge in [-0.2, -0.15) is 4.98 Å². The predicted octanol–water partition coefficient (Wildman–Crippen LogP) is 2.68. The van der Waals surface area contributed by atoms with E-state index >= 15 is 0 Å². The molecule has 0 fully saturated rings. The summed E-state index contributed by atoms with van der Waals surface area (Å²) in [7, 11) is -0.834. The fourth-order valence-electron chi connectivity index (χ4n) is 1.76. The first-order valence-electron chi connectivity index (χ1n) is 6.50. The van der Waals surface area contributed by atoms with E-state index < -0.39 is 10.8 Å². The van der Waals surface area contributed by atoms with Crippen LogP contribution in [-0.4, -0.2) is 20.6 Å². The van der Waals surface area contributed by atoms with Gasteiger partial charge in [0.05, 0.1) is 6.54 Å². The fraction of sp³-hybridized carbons (Fsp3) is 0.429. The maximum absolute atomic E-state index is 11.2. The van der Waals surface area contributed by atoms with Crippen molar-refractivity contribution in [2.45, 2.75) is 32.1 Å². The van der Waals surface area contributed by atoms with Gasteiger partial charge in [-0.25, -0.2) is 0 Å². The maximum atomic E-state index is 11.2. The topological polar surface area (TPSA) is 68.0 Å². The van der Waals surface area contributed by atoms with Crippen LogP contribution in [0.5, 0.6) is 0 Å². The normalized spacial score (nSPS) is 12.6. The number of hydrogen-bond acceptors (Lipinski definition) is 5. The van der Waals surface area contributed by atoms with E-state index in [0.717, 1.165) is 11.3 Å². The Morgan fingerprint density at radius 1 is 1.40 bits per heavy atom. The lowest BCUT2D eigenvalue weighted by atomic mass is 10.2. The molecule has 1 heterocycles. The molecular weight excluding hydrogens is 274 g/mol. The molecule has 20 heavy (non-hydrogen) atoms. The third-order valence-corrected chi connectivity index (χ3v) is 3.47. The maximum Gasteiger partial charge on any atom is 0.229 e. The van der Waals surface area contributed by atoms with Crippen molar-refractivity contribution in [3.8, 4) is 0 Å². The van der Waals surface area contributed by atoms with Gasteiger partial charge in [0.25, 0.3) is 0 Å². The van der Waals surface area contributed by atoms with Crippen LogP contribution in [-0.2, 0) is 23.1 Å². The minimum atomic E-state index is -0.834. The SMILES string of the molecule is CC(C)c1nc(CNc2cccc(CS(C)=O)c2)no1. The number of aromatic nitrogens is 2. The van der Waals surface area contributed by atoms with Crippen molar-refractivity contribution >= 4 is 16.5 Å². The number of benzene rings is 1. The van der Waals surface area contributed by atoms with Gasteiger partial charge < -0.3 is 9.84 Å². The molecule has 0 aliphatic rings.